The minimum atomic E-state index is -0.313. The van der Waals surface area contributed by atoms with Gasteiger partial charge in [-0.05, 0) is 24.2 Å². The van der Waals surface area contributed by atoms with Crippen molar-refractivity contribution < 1.29 is 19.1 Å². The molecule has 0 bridgehead atoms. The van der Waals surface area contributed by atoms with Gasteiger partial charge in [0.15, 0.2) is 0 Å². The number of hydrogen-bond acceptors (Lipinski definition) is 4. The third-order valence-corrected chi connectivity index (χ3v) is 3.78. The molecule has 4 heteroatoms. The van der Waals surface area contributed by atoms with Crippen molar-refractivity contribution in [2.24, 2.45) is 11.3 Å². The van der Waals surface area contributed by atoms with Crippen LogP contribution in [0, 0.1) is 11.3 Å². The molecular weight excluding hydrogens is 304 g/mol. The molecule has 142 valence electrons. The number of esters is 2. The van der Waals surface area contributed by atoms with Crippen LogP contribution in [0.25, 0.3) is 0 Å². The lowest BCUT2D eigenvalue weighted by Gasteiger charge is -2.22. The maximum absolute atomic E-state index is 11.7. The topological polar surface area (TPSA) is 52.6 Å². The number of rotatable bonds is 13. The molecule has 1 atom stereocenters. The molecular formula is C20H38O4. The summed E-state index contributed by atoms with van der Waals surface area (Å²) >= 11 is 0. The molecule has 24 heavy (non-hydrogen) atoms. The highest BCUT2D eigenvalue weighted by molar-refractivity contribution is 5.77. The molecule has 0 radical (unpaired) electrons. The van der Waals surface area contributed by atoms with Crippen molar-refractivity contribution >= 4 is 11.9 Å². The predicted molar refractivity (Wildman–Crippen MR) is 97.8 cm³/mol. The summed E-state index contributed by atoms with van der Waals surface area (Å²) in [7, 11) is 0. The van der Waals surface area contributed by atoms with Crippen molar-refractivity contribution in [1.29, 1.82) is 0 Å². The van der Waals surface area contributed by atoms with Crippen LogP contribution in [0.3, 0.4) is 0 Å². The van der Waals surface area contributed by atoms with E-state index in [0.717, 1.165) is 19.3 Å². The summed E-state index contributed by atoms with van der Waals surface area (Å²) in [5.41, 5.74) is 0.228. The van der Waals surface area contributed by atoms with Gasteiger partial charge in [-0.15, -0.1) is 0 Å². The van der Waals surface area contributed by atoms with Crippen molar-refractivity contribution in [2.45, 2.75) is 92.4 Å². The molecule has 0 aliphatic carbocycles. The molecule has 0 aliphatic heterocycles. The van der Waals surface area contributed by atoms with E-state index < -0.39 is 0 Å². The van der Waals surface area contributed by atoms with Gasteiger partial charge in [-0.1, -0.05) is 66.7 Å². The Hall–Kier alpha value is -1.06. The Kier molecular flexibility index (Phi) is 12.7. The lowest BCUT2D eigenvalue weighted by Crippen LogP contribution is -2.18. The van der Waals surface area contributed by atoms with Gasteiger partial charge in [0.1, 0.15) is 0 Å². The normalized spacial score (nSPS) is 12.7. The highest BCUT2D eigenvalue weighted by Crippen LogP contribution is 2.24. The Morgan fingerprint density at radius 2 is 1.42 bits per heavy atom. The highest BCUT2D eigenvalue weighted by atomic mass is 16.5. The van der Waals surface area contributed by atoms with Crippen LogP contribution in [0.4, 0.5) is 0 Å². The fourth-order valence-corrected chi connectivity index (χ4v) is 2.76. The summed E-state index contributed by atoms with van der Waals surface area (Å²) in [5.74, 6) is -0.288. The van der Waals surface area contributed by atoms with E-state index in [4.69, 9.17) is 9.47 Å². The molecule has 0 rings (SSSR count). The molecule has 4 nitrogen and oxygen atoms in total. The Morgan fingerprint density at radius 1 is 0.875 bits per heavy atom. The zero-order valence-corrected chi connectivity index (χ0v) is 16.5. The fraction of sp³-hybridized carbons (Fsp3) is 0.900. The van der Waals surface area contributed by atoms with Crippen molar-refractivity contribution in [3.8, 4) is 0 Å². The molecule has 0 aromatic heterocycles. The first-order chi connectivity index (χ1) is 11.2. The Balaban J connectivity index is 3.59. The molecule has 0 fully saturated rings. The SMILES string of the molecule is CCCCCCCCOC(=O)CCC(=O)OCC(C)CC(C)(C)C. The van der Waals surface area contributed by atoms with Crippen molar-refractivity contribution in [1.82, 2.24) is 0 Å². The van der Waals surface area contributed by atoms with Gasteiger partial charge in [0.25, 0.3) is 0 Å². The van der Waals surface area contributed by atoms with E-state index in [1.54, 1.807) is 0 Å². The van der Waals surface area contributed by atoms with Gasteiger partial charge in [-0.2, -0.15) is 0 Å². The van der Waals surface area contributed by atoms with Gasteiger partial charge >= 0.3 is 11.9 Å². The molecule has 0 amide bonds. The summed E-state index contributed by atoms with van der Waals surface area (Å²) < 4.78 is 10.4. The van der Waals surface area contributed by atoms with Crippen LogP contribution in [-0.4, -0.2) is 25.2 Å². The van der Waals surface area contributed by atoms with Crippen LogP contribution in [0.1, 0.15) is 92.4 Å². The lowest BCUT2D eigenvalue weighted by atomic mass is 9.86. The second kappa shape index (κ2) is 13.3. The lowest BCUT2D eigenvalue weighted by molar-refractivity contribution is -0.151. The number of unbranched alkanes of at least 4 members (excludes halogenated alkanes) is 5. The summed E-state index contributed by atoms with van der Waals surface area (Å²) in [6, 6.07) is 0. The van der Waals surface area contributed by atoms with Gasteiger partial charge < -0.3 is 9.47 Å². The van der Waals surface area contributed by atoms with Gasteiger partial charge in [-0.3, -0.25) is 9.59 Å². The maximum atomic E-state index is 11.7. The van der Waals surface area contributed by atoms with Crippen molar-refractivity contribution in [2.75, 3.05) is 13.2 Å². The molecule has 0 aromatic carbocycles. The number of hydrogen-bond donors (Lipinski definition) is 0. The zero-order chi connectivity index (χ0) is 18.4. The van der Waals surface area contributed by atoms with E-state index in [1.807, 2.05) is 0 Å². The average Bonchev–Trinajstić information content (AvgIpc) is 2.48. The van der Waals surface area contributed by atoms with E-state index >= 15 is 0 Å². The first-order valence-corrected chi connectivity index (χ1v) is 9.56. The Morgan fingerprint density at radius 3 is 2.00 bits per heavy atom. The Labute approximate surface area is 148 Å². The highest BCUT2D eigenvalue weighted by Gasteiger charge is 2.17. The van der Waals surface area contributed by atoms with Crippen LogP contribution in [0.5, 0.6) is 0 Å². The van der Waals surface area contributed by atoms with E-state index in [9.17, 15) is 9.59 Å². The third-order valence-electron chi connectivity index (χ3n) is 3.78. The van der Waals surface area contributed by atoms with Gasteiger partial charge in [0, 0.05) is 0 Å². The van der Waals surface area contributed by atoms with Gasteiger partial charge in [-0.25, -0.2) is 0 Å². The van der Waals surface area contributed by atoms with E-state index in [0.29, 0.717) is 19.1 Å². The monoisotopic (exact) mass is 342 g/mol. The van der Waals surface area contributed by atoms with Crippen LogP contribution in [0.15, 0.2) is 0 Å². The largest absolute Gasteiger partial charge is 0.466 e. The third kappa shape index (κ3) is 15.8. The van der Waals surface area contributed by atoms with E-state index in [1.165, 1.54) is 25.7 Å². The molecule has 0 aromatic rings. The Bertz CT molecular complexity index is 344. The van der Waals surface area contributed by atoms with Gasteiger partial charge in [0.2, 0.25) is 0 Å². The van der Waals surface area contributed by atoms with Crippen molar-refractivity contribution in [3.63, 3.8) is 0 Å². The van der Waals surface area contributed by atoms with Crippen LogP contribution >= 0.6 is 0 Å². The molecule has 0 spiro atoms. The molecule has 0 N–H and O–H groups in total. The average molecular weight is 343 g/mol. The van der Waals surface area contributed by atoms with Crippen LogP contribution in [0.2, 0.25) is 0 Å². The second-order valence-electron chi connectivity index (χ2n) is 8.04. The maximum Gasteiger partial charge on any atom is 0.306 e. The quantitative estimate of drug-likeness (QED) is 0.337. The van der Waals surface area contributed by atoms with E-state index in [-0.39, 0.29) is 30.2 Å². The fourth-order valence-electron chi connectivity index (χ4n) is 2.76. The summed E-state index contributed by atoms with van der Waals surface area (Å²) in [6.07, 6.45) is 8.19. The minimum absolute atomic E-state index is 0.109. The van der Waals surface area contributed by atoms with Gasteiger partial charge in [0.05, 0.1) is 26.1 Å². The van der Waals surface area contributed by atoms with Crippen molar-refractivity contribution in [3.05, 3.63) is 0 Å². The zero-order valence-electron chi connectivity index (χ0n) is 16.5. The number of ether oxygens (including phenoxy) is 2. The first kappa shape index (κ1) is 22.9. The number of carbonyl (C=O) groups is 2. The summed E-state index contributed by atoms with van der Waals surface area (Å²) in [6.45, 7) is 11.7. The molecule has 0 aliphatic rings. The molecule has 0 saturated carbocycles. The minimum Gasteiger partial charge on any atom is -0.466 e. The van der Waals surface area contributed by atoms with Crippen LogP contribution in [-0.2, 0) is 19.1 Å². The summed E-state index contributed by atoms with van der Waals surface area (Å²) in [5, 5.41) is 0. The summed E-state index contributed by atoms with van der Waals surface area (Å²) in [4.78, 5) is 23.2. The van der Waals surface area contributed by atoms with E-state index in [2.05, 4.69) is 34.6 Å². The number of carbonyl (C=O) groups excluding carboxylic acids is 2. The van der Waals surface area contributed by atoms with Crippen LogP contribution < -0.4 is 0 Å². The first-order valence-electron chi connectivity index (χ1n) is 9.56. The predicted octanol–water partition coefficient (Wildman–Crippen LogP) is 5.29. The standard InChI is InChI=1S/C20H38O4/c1-6-7-8-9-10-11-14-23-18(21)12-13-19(22)24-16-17(2)15-20(3,4)5/h17H,6-16H2,1-5H3. The molecule has 0 saturated heterocycles. The second-order valence-corrected chi connectivity index (χ2v) is 8.04. The smallest absolute Gasteiger partial charge is 0.306 e. The molecule has 0 heterocycles. The molecule has 1 unspecified atom stereocenters.